The van der Waals surface area contributed by atoms with E-state index < -0.39 is 0 Å². The average Bonchev–Trinajstić information content (AvgIpc) is 3.56. The van der Waals surface area contributed by atoms with Crippen molar-refractivity contribution in [3.63, 3.8) is 0 Å². The zero-order valence-electron chi connectivity index (χ0n) is 16.7. The van der Waals surface area contributed by atoms with Crippen LogP contribution in [0.2, 0.25) is 0 Å². The maximum Gasteiger partial charge on any atom is 0.162 e. The molecule has 0 saturated carbocycles. The summed E-state index contributed by atoms with van der Waals surface area (Å²) in [5, 5.41) is 4.54. The number of aromatic nitrogens is 2. The highest BCUT2D eigenvalue weighted by molar-refractivity contribution is 5.67. The Hall–Kier alpha value is -3.51. The van der Waals surface area contributed by atoms with Gasteiger partial charge in [0.05, 0.1) is 50.4 Å². The predicted octanol–water partition coefficient (Wildman–Crippen LogP) is 4.98. The molecule has 2 aromatic heterocycles. The van der Waals surface area contributed by atoms with E-state index in [4.69, 9.17) is 18.6 Å². The lowest BCUT2D eigenvalue weighted by Crippen LogP contribution is -2.16. The normalized spacial score (nSPS) is 16.0. The molecule has 0 N–H and O–H groups in total. The quantitative estimate of drug-likeness (QED) is 0.455. The molecular weight excluding hydrogens is 380 g/mol. The van der Waals surface area contributed by atoms with Crippen LogP contribution in [0.5, 0.6) is 11.5 Å². The first kappa shape index (κ1) is 18.5. The zero-order chi connectivity index (χ0) is 20.3. The van der Waals surface area contributed by atoms with E-state index in [1.54, 1.807) is 25.8 Å². The van der Waals surface area contributed by atoms with Crippen LogP contribution < -0.4 is 9.47 Å². The minimum absolute atomic E-state index is 0.0505. The highest BCUT2D eigenvalue weighted by atomic mass is 16.6. The smallest absolute Gasteiger partial charge is 0.162 e. The van der Waals surface area contributed by atoms with Gasteiger partial charge in [-0.1, -0.05) is 12.1 Å². The van der Waals surface area contributed by atoms with Crippen LogP contribution in [0.1, 0.15) is 6.42 Å². The van der Waals surface area contributed by atoms with Crippen LogP contribution in [-0.4, -0.2) is 36.2 Å². The second-order valence-corrected chi connectivity index (χ2v) is 7.16. The largest absolute Gasteiger partial charge is 0.493 e. The molecule has 0 amide bonds. The van der Waals surface area contributed by atoms with E-state index in [1.165, 1.54) is 0 Å². The van der Waals surface area contributed by atoms with Crippen LogP contribution in [0.25, 0.3) is 28.1 Å². The van der Waals surface area contributed by atoms with Gasteiger partial charge in [-0.05, 0) is 48.0 Å². The first-order chi connectivity index (χ1) is 14.8. The third-order valence-corrected chi connectivity index (χ3v) is 5.25. The second kappa shape index (κ2) is 8.08. The summed E-state index contributed by atoms with van der Waals surface area (Å²) in [4.78, 5) is 0. The van der Waals surface area contributed by atoms with Crippen LogP contribution >= 0.6 is 0 Å². The van der Waals surface area contributed by atoms with Crippen molar-refractivity contribution in [3.05, 3.63) is 73.3 Å². The summed E-state index contributed by atoms with van der Waals surface area (Å²) in [7, 11) is 1.65. The highest BCUT2D eigenvalue weighted by Crippen LogP contribution is 2.35. The van der Waals surface area contributed by atoms with E-state index in [0.717, 1.165) is 41.1 Å². The number of hydrogen-bond acceptors (Lipinski definition) is 5. The lowest BCUT2D eigenvalue weighted by molar-refractivity contribution is 0.138. The van der Waals surface area contributed by atoms with Crippen LogP contribution in [0.4, 0.5) is 0 Å². The molecular formula is C24H22N2O4. The Balaban J connectivity index is 1.46. The fraction of sp³-hybridized carbons (Fsp3) is 0.208. The van der Waals surface area contributed by atoms with Gasteiger partial charge in [-0.15, -0.1) is 0 Å². The van der Waals surface area contributed by atoms with E-state index in [-0.39, 0.29) is 6.10 Å². The summed E-state index contributed by atoms with van der Waals surface area (Å²) in [6.45, 7) is 1.34. The van der Waals surface area contributed by atoms with Gasteiger partial charge in [0.15, 0.2) is 11.5 Å². The predicted molar refractivity (Wildman–Crippen MR) is 113 cm³/mol. The van der Waals surface area contributed by atoms with Gasteiger partial charge in [0.2, 0.25) is 0 Å². The molecule has 5 rings (SSSR count). The number of benzene rings is 2. The van der Waals surface area contributed by atoms with Gasteiger partial charge < -0.3 is 18.6 Å². The maximum absolute atomic E-state index is 6.15. The van der Waals surface area contributed by atoms with Crippen LogP contribution in [0.3, 0.4) is 0 Å². The minimum Gasteiger partial charge on any atom is -0.493 e. The second-order valence-electron chi connectivity index (χ2n) is 7.16. The molecule has 1 fully saturated rings. The molecule has 1 unspecified atom stereocenters. The molecule has 30 heavy (non-hydrogen) atoms. The molecule has 1 aliphatic rings. The fourth-order valence-corrected chi connectivity index (χ4v) is 3.66. The van der Waals surface area contributed by atoms with E-state index in [0.29, 0.717) is 18.1 Å². The Morgan fingerprint density at radius 1 is 0.967 bits per heavy atom. The van der Waals surface area contributed by atoms with Gasteiger partial charge in [-0.25, -0.2) is 4.68 Å². The molecule has 2 aromatic carbocycles. The van der Waals surface area contributed by atoms with Gasteiger partial charge >= 0.3 is 0 Å². The third-order valence-electron chi connectivity index (χ3n) is 5.25. The van der Waals surface area contributed by atoms with Crippen molar-refractivity contribution in [3.8, 4) is 39.6 Å². The number of hydrogen-bond donors (Lipinski definition) is 0. The first-order valence-electron chi connectivity index (χ1n) is 9.91. The maximum atomic E-state index is 6.15. The van der Waals surface area contributed by atoms with E-state index in [1.807, 2.05) is 35.0 Å². The zero-order valence-corrected chi connectivity index (χ0v) is 16.7. The summed E-state index contributed by atoms with van der Waals surface area (Å²) in [6.07, 6.45) is 6.15. The lowest BCUT2D eigenvalue weighted by Gasteiger charge is -2.16. The summed E-state index contributed by atoms with van der Waals surface area (Å²) in [6, 6.07) is 18.1. The third kappa shape index (κ3) is 3.57. The number of nitrogens with zero attached hydrogens (tertiary/aromatic N) is 2. The molecule has 1 aliphatic heterocycles. The standard InChI is InChI=1S/C24H22N2O4/c1-27-23-7-4-18(14-24(23)30-21-10-13-29-16-21)22-8-11-25-26(22)20-5-2-17(3-6-20)19-9-12-28-15-19/h2-9,11-12,14-15,21H,10,13,16H2,1H3. The van der Waals surface area contributed by atoms with Crippen LogP contribution in [0, 0.1) is 0 Å². The number of rotatable bonds is 6. The van der Waals surface area contributed by atoms with E-state index in [9.17, 15) is 0 Å². The van der Waals surface area contributed by atoms with Gasteiger partial charge in [0.25, 0.3) is 0 Å². The monoisotopic (exact) mass is 402 g/mol. The van der Waals surface area contributed by atoms with Crippen molar-refractivity contribution in [1.82, 2.24) is 9.78 Å². The van der Waals surface area contributed by atoms with Crippen molar-refractivity contribution in [2.45, 2.75) is 12.5 Å². The minimum atomic E-state index is 0.0505. The topological polar surface area (TPSA) is 58.7 Å². The van der Waals surface area contributed by atoms with Crippen LogP contribution in [-0.2, 0) is 4.74 Å². The van der Waals surface area contributed by atoms with Crippen molar-refractivity contribution in [1.29, 1.82) is 0 Å². The molecule has 0 bridgehead atoms. The molecule has 6 nitrogen and oxygen atoms in total. The molecule has 1 atom stereocenters. The lowest BCUT2D eigenvalue weighted by atomic mass is 10.1. The SMILES string of the molecule is COc1ccc(-c2ccnn2-c2ccc(-c3ccoc3)cc2)cc1OC1CCOC1. The Bertz CT molecular complexity index is 1110. The van der Waals surface area contributed by atoms with Crippen molar-refractivity contribution >= 4 is 0 Å². The molecule has 0 aliphatic carbocycles. The number of ether oxygens (including phenoxy) is 3. The van der Waals surface area contributed by atoms with Crippen molar-refractivity contribution in [2.75, 3.05) is 20.3 Å². The van der Waals surface area contributed by atoms with Crippen LogP contribution in [0.15, 0.2) is 77.7 Å². The van der Waals surface area contributed by atoms with Gasteiger partial charge in [0.1, 0.15) is 6.10 Å². The Kier molecular flexibility index (Phi) is 4.99. The molecule has 152 valence electrons. The molecule has 3 heterocycles. The first-order valence-corrected chi connectivity index (χ1v) is 9.91. The van der Waals surface area contributed by atoms with E-state index in [2.05, 4.69) is 29.4 Å². The Labute approximate surface area is 174 Å². The van der Waals surface area contributed by atoms with Gasteiger partial charge in [0, 0.05) is 17.5 Å². The van der Waals surface area contributed by atoms with Gasteiger partial charge in [-0.2, -0.15) is 5.10 Å². The van der Waals surface area contributed by atoms with Gasteiger partial charge in [-0.3, -0.25) is 0 Å². The van der Waals surface area contributed by atoms with Crippen molar-refractivity contribution < 1.29 is 18.6 Å². The molecule has 0 radical (unpaired) electrons. The highest BCUT2D eigenvalue weighted by Gasteiger charge is 2.20. The molecule has 6 heteroatoms. The Morgan fingerprint density at radius 2 is 1.83 bits per heavy atom. The van der Waals surface area contributed by atoms with Crippen molar-refractivity contribution in [2.24, 2.45) is 0 Å². The summed E-state index contributed by atoms with van der Waals surface area (Å²) in [5.74, 6) is 1.43. The number of methoxy groups -OCH3 is 1. The summed E-state index contributed by atoms with van der Waals surface area (Å²) in [5.41, 5.74) is 5.10. The average molecular weight is 402 g/mol. The fourth-order valence-electron chi connectivity index (χ4n) is 3.66. The molecule has 1 saturated heterocycles. The molecule has 0 spiro atoms. The van der Waals surface area contributed by atoms with E-state index >= 15 is 0 Å². The Morgan fingerprint density at radius 3 is 2.57 bits per heavy atom. The summed E-state index contributed by atoms with van der Waals surface area (Å²) < 4.78 is 24.2. The number of furan rings is 1. The molecule has 4 aromatic rings. The summed E-state index contributed by atoms with van der Waals surface area (Å²) >= 11 is 0.